The summed E-state index contributed by atoms with van der Waals surface area (Å²) in [4.78, 5) is 10.8. The largest absolute Gasteiger partial charge is 0.382 e. The number of nitrogens with zero attached hydrogens (tertiary/aromatic N) is 2. The van der Waals surface area contributed by atoms with Crippen LogP contribution < -0.4 is 5.32 Å². The molecular formula is C8H9N3O4. The van der Waals surface area contributed by atoms with Gasteiger partial charge in [-0.25, -0.2) is 4.63 Å². The van der Waals surface area contributed by atoms with Crippen LogP contribution in [0.3, 0.4) is 0 Å². The molecule has 0 aliphatic heterocycles. The van der Waals surface area contributed by atoms with Crippen LogP contribution in [0.25, 0.3) is 0 Å². The SMILES string of the molecule is CC(=O)NC1=C[C@@H](O)c2nonc2[C@@H]1O. The molecule has 1 aliphatic rings. The van der Waals surface area contributed by atoms with Gasteiger partial charge in [0.05, 0.1) is 5.70 Å². The maximum atomic E-state index is 10.8. The first-order valence-electron chi connectivity index (χ1n) is 4.27. The summed E-state index contributed by atoms with van der Waals surface area (Å²) in [5.41, 5.74) is 0.462. The zero-order valence-corrected chi connectivity index (χ0v) is 7.84. The Morgan fingerprint density at radius 3 is 2.80 bits per heavy atom. The lowest BCUT2D eigenvalue weighted by Gasteiger charge is -2.20. The molecule has 80 valence electrons. The summed E-state index contributed by atoms with van der Waals surface area (Å²) in [6.45, 7) is 1.30. The molecule has 0 radical (unpaired) electrons. The molecule has 0 saturated heterocycles. The highest BCUT2D eigenvalue weighted by Crippen LogP contribution is 2.31. The van der Waals surface area contributed by atoms with E-state index in [9.17, 15) is 15.0 Å². The van der Waals surface area contributed by atoms with Crippen LogP contribution in [0.1, 0.15) is 30.5 Å². The number of amides is 1. The van der Waals surface area contributed by atoms with Crippen molar-refractivity contribution < 1.29 is 19.6 Å². The molecule has 7 heteroatoms. The first-order valence-corrected chi connectivity index (χ1v) is 4.27. The van der Waals surface area contributed by atoms with Gasteiger partial charge in [-0.15, -0.1) is 0 Å². The normalized spacial score (nSPS) is 24.3. The minimum Gasteiger partial charge on any atom is -0.382 e. The molecule has 2 rings (SSSR count). The molecule has 2 atom stereocenters. The average molecular weight is 211 g/mol. The number of aromatic nitrogens is 2. The quantitative estimate of drug-likeness (QED) is 0.559. The van der Waals surface area contributed by atoms with Gasteiger partial charge in [0, 0.05) is 6.92 Å². The molecular weight excluding hydrogens is 202 g/mol. The van der Waals surface area contributed by atoms with E-state index in [1.165, 1.54) is 13.0 Å². The fraction of sp³-hybridized carbons (Fsp3) is 0.375. The van der Waals surface area contributed by atoms with E-state index in [1.807, 2.05) is 0 Å². The Morgan fingerprint density at radius 2 is 2.13 bits per heavy atom. The van der Waals surface area contributed by atoms with Crippen molar-refractivity contribution in [3.63, 3.8) is 0 Å². The number of fused-ring (bicyclic) bond motifs is 1. The molecule has 0 unspecified atom stereocenters. The second-order valence-electron chi connectivity index (χ2n) is 3.19. The molecule has 0 fully saturated rings. The lowest BCUT2D eigenvalue weighted by Crippen LogP contribution is -2.27. The smallest absolute Gasteiger partial charge is 0.221 e. The van der Waals surface area contributed by atoms with Crippen molar-refractivity contribution in [3.8, 4) is 0 Å². The van der Waals surface area contributed by atoms with Crippen LogP contribution in [0.5, 0.6) is 0 Å². The van der Waals surface area contributed by atoms with Gasteiger partial charge in [-0.3, -0.25) is 4.79 Å². The van der Waals surface area contributed by atoms with Crippen LogP contribution in [-0.2, 0) is 4.79 Å². The Labute approximate surface area is 84.4 Å². The summed E-state index contributed by atoms with van der Waals surface area (Å²) in [7, 11) is 0. The summed E-state index contributed by atoms with van der Waals surface area (Å²) in [6, 6.07) is 0. The van der Waals surface area contributed by atoms with Gasteiger partial charge in [-0.2, -0.15) is 0 Å². The van der Waals surface area contributed by atoms with Crippen LogP contribution in [0, 0.1) is 0 Å². The molecule has 0 aromatic carbocycles. The van der Waals surface area contributed by atoms with Gasteiger partial charge in [0.25, 0.3) is 0 Å². The number of carbonyl (C=O) groups is 1. The molecule has 0 saturated carbocycles. The van der Waals surface area contributed by atoms with Gasteiger partial charge in [0.2, 0.25) is 5.91 Å². The Bertz CT molecular complexity index is 425. The fourth-order valence-electron chi connectivity index (χ4n) is 1.40. The molecule has 3 N–H and O–H groups in total. The van der Waals surface area contributed by atoms with Gasteiger partial charge < -0.3 is 15.5 Å². The first-order chi connectivity index (χ1) is 7.09. The van der Waals surface area contributed by atoms with E-state index in [-0.39, 0.29) is 23.0 Å². The molecule has 7 nitrogen and oxygen atoms in total. The van der Waals surface area contributed by atoms with Crippen LogP contribution in [-0.4, -0.2) is 26.4 Å². The van der Waals surface area contributed by atoms with Crippen molar-refractivity contribution >= 4 is 5.91 Å². The second-order valence-corrected chi connectivity index (χ2v) is 3.19. The van der Waals surface area contributed by atoms with Crippen molar-refractivity contribution in [1.82, 2.24) is 15.6 Å². The summed E-state index contributed by atoms with van der Waals surface area (Å²) >= 11 is 0. The molecule has 15 heavy (non-hydrogen) atoms. The summed E-state index contributed by atoms with van der Waals surface area (Å²) in [6.07, 6.45) is -0.867. The van der Waals surface area contributed by atoms with Gasteiger partial charge >= 0.3 is 0 Å². The van der Waals surface area contributed by atoms with Crippen LogP contribution in [0.4, 0.5) is 0 Å². The van der Waals surface area contributed by atoms with E-state index in [0.29, 0.717) is 0 Å². The third-order valence-electron chi connectivity index (χ3n) is 2.03. The standard InChI is InChI=1S/C8H9N3O4/c1-3(12)9-4-2-5(13)6-7(8(4)14)11-15-10-6/h2,5,8,13-14H,1H3,(H,9,12)/t5-,8-/m1/s1. The molecule has 1 heterocycles. The predicted molar refractivity (Wildman–Crippen MR) is 46.1 cm³/mol. The van der Waals surface area contributed by atoms with E-state index >= 15 is 0 Å². The third-order valence-corrected chi connectivity index (χ3v) is 2.03. The van der Waals surface area contributed by atoms with Crippen molar-refractivity contribution in [2.75, 3.05) is 0 Å². The van der Waals surface area contributed by atoms with Crippen LogP contribution in [0.15, 0.2) is 16.4 Å². The molecule has 1 aromatic heterocycles. The monoisotopic (exact) mass is 211 g/mol. The Morgan fingerprint density at radius 1 is 1.47 bits per heavy atom. The lowest BCUT2D eigenvalue weighted by molar-refractivity contribution is -0.118. The van der Waals surface area contributed by atoms with Gasteiger partial charge in [-0.05, 0) is 6.08 Å². The number of carbonyl (C=O) groups excluding carboxylic acids is 1. The van der Waals surface area contributed by atoms with Crippen molar-refractivity contribution in [2.24, 2.45) is 0 Å². The van der Waals surface area contributed by atoms with Gasteiger partial charge in [-0.1, -0.05) is 10.3 Å². The molecule has 1 aromatic rings. The topological polar surface area (TPSA) is 108 Å². The summed E-state index contributed by atoms with van der Waals surface area (Å²) < 4.78 is 4.40. The number of nitrogens with one attached hydrogen (secondary N) is 1. The minimum atomic E-state index is -1.13. The van der Waals surface area contributed by atoms with Crippen LogP contribution >= 0.6 is 0 Å². The van der Waals surface area contributed by atoms with Crippen molar-refractivity contribution in [3.05, 3.63) is 23.2 Å². The van der Waals surface area contributed by atoms with E-state index < -0.39 is 12.2 Å². The van der Waals surface area contributed by atoms with Crippen molar-refractivity contribution in [2.45, 2.75) is 19.1 Å². The highest BCUT2D eigenvalue weighted by molar-refractivity contribution is 5.75. The third kappa shape index (κ3) is 1.62. The van der Waals surface area contributed by atoms with Gasteiger partial charge in [0.15, 0.2) is 0 Å². The summed E-state index contributed by atoms with van der Waals surface area (Å²) in [5, 5.41) is 28.6. The molecule has 0 bridgehead atoms. The first kappa shape index (κ1) is 9.81. The van der Waals surface area contributed by atoms with E-state index in [0.717, 1.165) is 0 Å². The molecule has 1 amide bonds. The van der Waals surface area contributed by atoms with Gasteiger partial charge in [0.1, 0.15) is 23.6 Å². The van der Waals surface area contributed by atoms with E-state index in [4.69, 9.17) is 0 Å². The Kier molecular flexibility index (Phi) is 2.25. The molecule has 1 aliphatic carbocycles. The zero-order chi connectivity index (χ0) is 11.0. The van der Waals surface area contributed by atoms with Crippen molar-refractivity contribution in [1.29, 1.82) is 0 Å². The highest BCUT2D eigenvalue weighted by atomic mass is 16.6. The van der Waals surface area contributed by atoms with E-state index in [2.05, 4.69) is 20.3 Å². The maximum Gasteiger partial charge on any atom is 0.221 e. The molecule has 0 spiro atoms. The lowest BCUT2D eigenvalue weighted by atomic mass is 10.00. The highest BCUT2D eigenvalue weighted by Gasteiger charge is 2.31. The maximum absolute atomic E-state index is 10.8. The second kappa shape index (κ2) is 3.44. The average Bonchev–Trinajstić information content (AvgIpc) is 2.61. The minimum absolute atomic E-state index is 0.119. The Balaban J connectivity index is 2.33. The number of hydrogen-bond acceptors (Lipinski definition) is 6. The fourth-order valence-corrected chi connectivity index (χ4v) is 1.40. The van der Waals surface area contributed by atoms with Crippen LogP contribution in [0.2, 0.25) is 0 Å². The number of rotatable bonds is 1. The number of aliphatic hydroxyl groups is 2. The Hall–Kier alpha value is -1.73. The predicted octanol–water partition coefficient (Wildman–Crippen LogP) is -0.830. The number of aliphatic hydroxyl groups excluding tert-OH is 2. The zero-order valence-electron chi connectivity index (χ0n) is 7.84. The summed E-state index contributed by atoms with van der Waals surface area (Å²) in [5.74, 6) is -0.340. The number of hydrogen-bond donors (Lipinski definition) is 3. The van der Waals surface area contributed by atoms with E-state index in [1.54, 1.807) is 0 Å².